The van der Waals surface area contributed by atoms with E-state index in [2.05, 4.69) is 11.1 Å². The largest absolute Gasteiger partial charge is 0.397 e. The first-order chi connectivity index (χ1) is 13.5. The number of carbonyl (C=O) groups excluding carboxylic acids is 2. The zero-order valence-electron chi connectivity index (χ0n) is 17.0. The maximum absolute atomic E-state index is 12.7. The normalized spacial score (nSPS) is 44.5. The molecule has 29 heavy (non-hydrogen) atoms. The van der Waals surface area contributed by atoms with Crippen LogP contribution in [0.3, 0.4) is 0 Å². The maximum atomic E-state index is 12.7. The van der Waals surface area contributed by atoms with Crippen molar-refractivity contribution in [3.05, 3.63) is 11.6 Å². The zero-order chi connectivity index (χ0) is 21.2. The smallest absolute Gasteiger partial charge is 0.393 e. The summed E-state index contributed by atoms with van der Waals surface area (Å²) in [7, 11) is -4.66. The first kappa shape index (κ1) is 21.2. The van der Waals surface area contributed by atoms with Crippen LogP contribution in [0.5, 0.6) is 0 Å². The van der Waals surface area contributed by atoms with E-state index in [1.54, 1.807) is 6.08 Å². The van der Waals surface area contributed by atoms with Crippen molar-refractivity contribution in [2.24, 2.45) is 34.5 Å². The van der Waals surface area contributed by atoms with Crippen molar-refractivity contribution in [2.45, 2.75) is 64.9 Å². The van der Waals surface area contributed by atoms with Crippen LogP contribution in [0.2, 0.25) is 0 Å². The van der Waals surface area contributed by atoms with Crippen LogP contribution in [0.25, 0.3) is 0 Å². The molecule has 0 amide bonds. The van der Waals surface area contributed by atoms with Gasteiger partial charge in [0.2, 0.25) is 0 Å². The van der Waals surface area contributed by atoms with E-state index < -0.39 is 28.5 Å². The number of hydrogen-bond donors (Lipinski definition) is 2. The van der Waals surface area contributed by atoms with E-state index in [-0.39, 0.29) is 40.7 Å². The zero-order valence-corrected chi connectivity index (χ0v) is 17.8. The van der Waals surface area contributed by atoms with E-state index in [1.165, 1.54) is 5.57 Å². The fraction of sp³-hybridized carbons (Fsp3) is 0.810. The van der Waals surface area contributed by atoms with Gasteiger partial charge < -0.3 is 5.11 Å². The van der Waals surface area contributed by atoms with E-state index in [0.29, 0.717) is 19.3 Å². The molecule has 3 saturated carbocycles. The number of aliphatic hydroxyl groups excluding tert-OH is 1. The second-order valence-corrected chi connectivity index (χ2v) is 11.0. The van der Waals surface area contributed by atoms with Gasteiger partial charge in [-0.2, -0.15) is 8.42 Å². The molecule has 4 aliphatic rings. The fourth-order valence-electron chi connectivity index (χ4n) is 7.45. The molecule has 7 nitrogen and oxygen atoms in total. The highest BCUT2D eigenvalue weighted by Crippen LogP contribution is 2.66. The highest BCUT2D eigenvalue weighted by atomic mass is 32.3. The van der Waals surface area contributed by atoms with Gasteiger partial charge in [0.15, 0.2) is 11.6 Å². The van der Waals surface area contributed by atoms with E-state index in [4.69, 9.17) is 4.55 Å². The van der Waals surface area contributed by atoms with Crippen LogP contribution < -0.4 is 0 Å². The molecule has 8 heteroatoms. The van der Waals surface area contributed by atoms with Crippen LogP contribution >= 0.6 is 0 Å². The van der Waals surface area contributed by atoms with Crippen molar-refractivity contribution in [1.29, 1.82) is 0 Å². The number of hydrogen-bond acceptors (Lipinski definition) is 6. The first-order valence-corrected chi connectivity index (χ1v) is 11.9. The summed E-state index contributed by atoms with van der Waals surface area (Å²) in [4.78, 5) is 24.7. The number of Topliss-reactive ketones (excluding diaryl/α,β-unsaturated/α-hetero) is 1. The number of fused-ring (bicyclic) bond motifs is 5. The van der Waals surface area contributed by atoms with Gasteiger partial charge in [0.25, 0.3) is 0 Å². The summed E-state index contributed by atoms with van der Waals surface area (Å²) in [6, 6.07) is 0. The Morgan fingerprint density at radius 3 is 2.66 bits per heavy atom. The molecule has 2 N–H and O–H groups in total. The van der Waals surface area contributed by atoms with Crippen LogP contribution in [0.15, 0.2) is 11.6 Å². The minimum Gasteiger partial charge on any atom is -0.393 e. The monoisotopic (exact) mass is 426 g/mol. The molecule has 3 fully saturated rings. The molecule has 0 bridgehead atoms. The van der Waals surface area contributed by atoms with Gasteiger partial charge in [0, 0.05) is 12.3 Å². The highest BCUT2D eigenvalue weighted by molar-refractivity contribution is 7.80. The summed E-state index contributed by atoms with van der Waals surface area (Å²) in [6.45, 7) is 3.56. The summed E-state index contributed by atoms with van der Waals surface area (Å²) in [6.07, 6.45) is 6.26. The quantitative estimate of drug-likeness (QED) is 0.663. The average molecular weight is 427 g/mol. The molecule has 0 aromatic heterocycles. The lowest BCUT2D eigenvalue weighted by Gasteiger charge is -2.59. The van der Waals surface area contributed by atoms with Gasteiger partial charge in [-0.05, 0) is 73.2 Å². The summed E-state index contributed by atoms with van der Waals surface area (Å²) < 4.78 is 34.8. The van der Waals surface area contributed by atoms with Gasteiger partial charge in [0.1, 0.15) is 6.61 Å². The number of carbonyl (C=O) groups is 2. The second kappa shape index (κ2) is 6.97. The van der Waals surface area contributed by atoms with Crippen LogP contribution in [0.1, 0.15) is 58.8 Å². The summed E-state index contributed by atoms with van der Waals surface area (Å²) in [5.74, 6) is 0.0886. The Hall–Kier alpha value is -1.09. The lowest BCUT2D eigenvalue weighted by molar-refractivity contribution is -0.146. The second-order valence-electron chi connectivity index (χ2n) is 9.95. The standard InChI is InChI=1S/C21H30O7S/c1-20-8-7-13(22)9-12(20)3-4-14-15-5-6-16(18(24)11-28-29(25,26)27)21(15,2)10-17(23)19(14)20/h9,14-17,19,23H,3-8,10-11H2,1-2H3,(H,25,26,27)/t14-,15-,16+,17-,19+,20-,21-/m0/s1. The summed E-state index contributed by atoms with van der Waals surface area (Å²) in [5, 5.41) is 11.3. The van der Waals surface area contributed by atoms with E-state index in [1.807, 2.05) is 6.92 Å². The molecule has 162 valence electrons. The number of ketones is 2. The molecule has 4 rings (SSSR count). The maximum Gasteiger partial charge on any atom is 0.397 e. The Balaban J connectivity index is 1.60. The SMILES string of the molecule is C[C@]12C[C@H](O)[C@H]3[C@@H](CCC4=CC(=O)CC[C@@]43C)[C@@H]1CC[C@@H]2C(=O)COS(=O)(=O)O. The third-order valence-electron chi connectivity index (χ3n) is 8.63. The van der Waals surface area contributed by atoms with Crippen molar-refractivity contribution in [1.82, 2.24) is 0 Å². The molecule has 0 radical (unpaired) electrons. The highest BCUT2D eigenvalue weighted by Gasteiger charge is 2.62. The van der Waals surface area contributed by atoms with Crippen LogP contribution in [-0.4, -0.2) is 42.4 Å². The molecular weight excluding hydrogens is 396 g/mol. The molecule has 0 heterocycles. The molecule has 0 unspecified atom stereocenters. The summed E-state index contributed by atoms with van der Waals surface area (Å²) in [5.41, 5.74) is 0.584. The third-order valence-corrected chi connectivity index (χ3v) is 9.05. The summed E-state index contributed by atoms with van der Waals surface area (Å²) >= 11 is 0. The van der Waals surface area contributed by atoms with Gasteiger partial charge in [-0.3, -0.25) is 14.1 Å². The topological polar surface area (TPSA) is 118 Å². The van der Waals surface area contributed by atoms with E-state index in [0.717, 1.165) is 25.7 Å². The number of allylic oxidation sites excluding steroid dienone is 1. The molecule has 7 atom stereocenters. The molecule has 0 aromatic carbocycles. The Morgan fingerprint density at radius 2 is 1.97 bits per heavy atom. The predicted molar refractivity (Wildman–Crippen MR) is 104 cm³/mol. The van der Waals surface area contributed by atoms with Gasteiger partial charge in [0.05, 0.1) is 6.10 Å². The van der Waals surface area contributed by atoms with Crippen molar-refractivity contribution >= 4 is 22.0 Å². The lowest BCUT2D eigenvalue weighted by Crippen LogP contribution is -2.57. The van der Waals surface area contributed by atoms with E-state index >= 15 is 0 Å². The molecular formula is C21H30O7S. The fourth-order valence-corrected chi connectivity index (χ4v) is 7.71. The average Bonchev–Trinajstić information content (AvgIpc) is 2.96. The number of aliphatic hydroxyl groups is 1. The van der Waals surface area contributed by atoms with Gasteiger partial charge in [-0.15, -0.1) is 0 Å². The van der Waals surface area contributed by atoms with Gasteiger partial charge >= 0.3 is 10.4 Å². The van der Waals surface area contributed by atoms with Crippen LogP contribution in [0, 0.1) is 34.5 Å². The van der Waals surface area contributed by atoms with Crippen molar-refractivity contribution in [3.8, 4) is 0 Å². The van der Waals surface area contributed by atoms with Gasteiger partial charge in [-0.25, -0.2) is 4.18 Å². The molecule has 0 spiro atoms. The van der Waals surface area contributed by atoms with Crippen molar-refractivity contribution < 1.29 is 31.8 Å². The van der Waals surface area contributed by atoms with Gasteiger partial charge in [-0.1, -0.05) is 19.4 Å². The number of rotatable bonds is 4. The Kier molecular flexibility index (Phi) is 5.08. The lowest BCUT2D eigenvalue weighted by atomic mass is 9.46. The predicted octanol–water partition coefficient (Wildman–Crippen LogP) is 2.49. The Morgan fingerprint density at radius 1 is 1.24 bits per heavy atom. The molecule has 4 aliphatic carbocycles. The molecule has 0 aliphatic heterocycles. The van der Waals surface area contributed by atoms with Crippen molar-refractivity contribution in [2.75, 3.05) is 6.61 Å². The van der Waals surface area contributed by atoms with Crippen molar-refractivity contribution in [3.63, 3.8) is 0 Å². The Bertz CT molecular complexity index is 862. The third kappa shape index (κ3) is 3.42. The first-order valence-electron chi connectivity index (χ1n) is 10.5. The molecule has 0 saturated heterocycles. The Labute approximate surface area is 171 Å². The van der Waals surface area contributed by atoms with E-state index in [9.17, 15) is 23.1 Å². The minimum absolute atomic E-state index is 0.0802. The van der Waals surface area contributed by atoms with Crippen LogP contribution in [-0.2, 0) is 24.2 Å². The molecule has 0 aromatic rings. The van der Waals surface area contributed by atoms with Crippen LogP contribution in [0.4, 0.5) is 0 Å². The minimum atomic E-state index is -4.66.